The zero-order chi connectivity index (χ0) is 19.2. The maximum Gasteiger partial charge on any atom is 0.326 e. The highest BCUT2D eigenvalue weighted by molar-refractivity contribution is 7.99. The van der Waals surface area contributed by atoms with Crippen LogP contribution in [-0.4, -0.2) is 23.2 Å². The number of nitrogens with one attached hydrogen (secondary N) is 2. The summed E-state index contributed by atoms with van der Waals surface area (Å²) >= 11 is 1.72. The highest BCUT2D eigenvalue weighted by atomic mass is 35.5. The Kier molecular flexibility index (Phi) is 5.72. The van der Waals surface area contributed by atoms with E-state index in [1.165, 1.54) is 0 Å². The maximum atomic E-state index is 13.4. The number of hydrogen-bond donors (Lipinski definition) is 2. The molecule has 0 bridgehead atoms. The predicted octanol–water partition coefficient (Wildman–Crippen LogP) is 5.73. The van der Waals surface area contributed by atoms with Crippen molar-refractivity contribution in [2.24, 2.45) is 0 Å². The molecule has 0 unspecified atom stereocenters. The molecule has 0 radical (unpaired) electrons. The first kappa shape index (κ1) is 21.0. The zero-order valence-electron chi connectivity index (χ0n) is 16.8. The molecule has 28 heavy (non-hydrogen) atoms. The first-order valence-electron chi connectivity index (χ1n) is 9.50. The van der Waals surface area contributed by atoms with E-state index in [1.54, 1.807) is 11.8 Å². The molecule has 0 aromatic heterocycles. The van der Waals surface area contributed by atoms with Gasteiger partial charge in [0.15, 0.2) is 0 Å². The molecule has 1 fully saturated rings. The number of amides is 2. The fraction of sp³-hybridized carbons (Fsp3) is 0.409. The van der Waals surface area contributed by atoms with Gasteiger partial charge in [0.05, 0.1) is 11.4 Å². The van der Waals surface area contributed by atoms with Crippen LogP contribution in [0.3, 0.4) is 0 Å². The predicted molar refractivity (Wildman–Crippen MR) is 119 cm³/mol. The lowest BCUT2D eigenvalue weighted by molar-refractivity contribution is 0.149. The van der Waals surface area contributed by atoms with Crippen LogP contribution in [0, 0.1) is 0 Å². The summed E-state index contributed by atoms with van der Waals surface area (Å²) in [6.07, 6.45) is 1.82. The molecule has 2 aromatic rings. The van der Waals surface area contributed by atoms with Crippen molar-refractivity contribution < 1.29 is 4.79 Å². The third-order valence-electron chi connectivity index (χ3n) is 5.15. The van der Waals surface area contributed by atoms with Crippen molar-refractivity contribution in [2.45, 2.75) is 67.4 Å². The topological polar surface area (TPSA) is 44.4 Å². The normalized spacial score (nSPS) is 19.8. The second-order valence-corrected chi connectivity index (χ2v) is 9.90. The minimum atomic E-state index is -0.0475. The van der Waals surface area contributed by atoms with Crippen LogP contribution in [0.1, 0.15) is 40.5 Å². The number of carbonyl (C=O) groups is 1. The standard InChI is InChI=1S/C22H27N3OS.ClH/c1-21(2)13-15(14-22(3,4)24-21)23-20(26)25-16-9-5-7-11-18(16)27-19-12-8-6-10-17(19)25;/h5-12,15,24H,13-14H2,1-4H3,(H,23,26);1H. The number of hydrogen-bond acceptors (Lipinski definition) is 3. The van der Waals surface area contributed by atoms with Gasteiger partial charge in [-0.3, -0.25) is 4.90 Å². The van der Waals surface area contributed by atoms with E-state index in [4.69, 9.17) is 0 Å². The first-order chi connectivity index (χ1) is 12.7. The number of fused-ring (bicyclic) bond motifs is 2. The smallest absolute Gasteiger partial charge is 0.326 e. The van der Waals surface area contributed by atoms with Crippen LogP contribution in [0.15, 0.2) is 58.3 Å². The SMILES string of the molecule is CC1(C)CC(NC(=O)N2c3ccccc3Sc3ccccc32)CC(C)(C)N1.Cl. The number of para-hydroxylation sites is 2. The molecule has 0 spiro atoms. The van der Waals surface area contributed by atoms with E-state index in [0.29, 0.717) is 0 Å². The van der Waals surface area contributed by atoms with Crippen LogP contribution in [0.2, 0.25) is 0 Å². The van der Waals surface area contributed by atoms with Gasteiger partial charge in [0.1, 0.15) is 0 Å². The molecule has 0 aliphatic carbocycles. The number of anilines is 2. The van der Waals surface area contributed by atoms with Gasteiger partial charge in [-0.2, -0.15) is 0 Å². The molecule has 2 aliphatic heterocycles. The molecule has 6 heteroatoms. The van der Waals surface area contributed by atoms with Crippen molar-refractivity contribution in [3.63, 3.8) is 0 Å². The summed E-state index contributed by atoms with van der Waals surface area (Å²) in [6.45, 7) is 8.81. The molecule has 4 nitrogen and oxygen atoms in total. The average Bonchev–Trinajstić information content (AvgIpc) is 2.56. The Hall–Kier alpha value is -1.69. The fourth-order valence-corrected chi connectivity index (χ4v) is 5.64. The molecule has 2 aliphatic rings. The Morgan fingerprint density at radius 2 is 1.43 bits per heavy atom. The Bertz CT molecular complexity index is 822. The van der Waals surface area contributed by atoms with E-state index < -0.39 is 0 Å². The summed E-state index contributed by atoms with van der Waals surface area (Å²) in [5.74, 6) is 0. The summed E-state index contributed by atoms with van der Waals surface area (Å²) in [5, 5.41) is 7.00. The fourth-order valence-electron chi connectivity index (χ4n) is 4.59. The minimum absolute atomic E-state index is 0. The van der Waals surface area contributed by atoms with Gasteiger partial charge in [-0.25, -0.2) is 4.79 Å². The minimum Gasteiger partial charge on any atom is -0.335 e. The molecular formula is C22H28ClN3OS. The third-order valence-corrected chi connectivity index (χ3v) is 6.28. The van der Waals surface area contributed by atoms with E-state index in [0.717, 1.165) is 34.0 Å². The molecule has 0 saturated carbocycles. The van der Waals surface area contributed by atoms with Crippen LogP contribution in [0.25, 0.3) is 0 Å². The highest BCUT2D eigenvalue weighted by Crippen LogP contribution is 2.47. The Balaban J connectivity index is 0.00000225. The van der Waals surface area contributed by atoms with Gasteiger partial charge >= 0.3 is 6.03 Å². The van der Waals surface area contributed by atoms with Crippen molar-refractivity contribution in [3.8, 4) is 0 Å². The molecule has 4 rings (SSSR count). The van der Waals surface area contributed by atoms with Crippen LogP contribution < -0.4 is 15.5 Å². The van der Waals surface area contributed by atoms with Gasteiger partial charge in [-0.05, 0) is 64.8 Å². The van der Waals surface area contributed by atoms with E-state index >= 15 is 0 Å². The van der Waals surface area contributed by atoms with Crippen LogP contribution in [-0.2, 0) is 0 Å². The maximum absolute atomic E-state index is 13.4. The summed E-state index contributed by atoms with van der Waals surface area (Å²) in [6, 6.07) is 16.3. The molecule has 150 valence electrons. The zero-order valence-corrected chi connectivity index (χ0v) is 18.4. The van der Waals surface area contributed by atoms with Crippen LogP contribution >= 0.6 is 24.2 Å². The molecule has 2 N–H and O–H groups in total. The molecular weight excluding hydrogens is 390 g/mol. The van der Waals surface area contributed by atoms with E-state index in [9.17, 15) is 4.79 Å². The summed E-state index contributed by atoms with van der Waals surface area (Å²) in [5.41, 5.74) is 1.89. The van der Waals surface area contributed by atoms with E-state index in [1.807, 2.05) is 41.3 Å². The number of urea groups is 1. The van der Waals surface area contributed by atoms with Crippen molar-refractivity contribution in [1.82, 2.24) is 10.6 Å². The second-order valence-electron chi connectivity index (χ2n) is 8.82. The van der Waals surface area contributed by atoms with E-state index in [-0.39, 0.29) is 35.6 Å². The van der Waals surface area contributed by atoms with Gasteiger partial charge in [0, 0.05) is 26.9 Å². The Morgan fingerprint density at radius 1 is 0.964 bits per heavy atom. The molecule has 0 atom stereocenters. The summed E-state index contributed by atoms with van der Waals surface area (Å²) in [7, 11) is 0. The molecule has 2 amide bonds. The van der Waals surface area contributed by atoms with Gasteiger partial charge in [-0.1, -0.05) is 36.0 Å². The number of halogens is 1. The Labute approximate surface area is 177 Å². The van der Waals surface area contributed by atoms with Crippen LogP contribution in [0.4, 0.5) is 16.2 Å². The van der Waals surface area contributed by atoms with Gasteiger partial charge in [-0.15, -0.1) is 12.4 Å². The monoisotopic (exact) mass is 417 g/mol. The Morgan fingerprint density at radius 3 is 1.93 bits per heavy atom. The second kappa shape index (κ2) is 7.62. The highest BCUT2D eigenvalue weighted by Gasteiger charge is 2.39. The van der Waals surface area contributed by atoms with Crippen molar-refractivity contribution in [2.75, 3.05) is 4.90 Å². The van der Waals surface area contributed by atoms with Crippen molar-refractivity contribution in [3.05, 3.63) is 48.5 Å². The molecule has 2 heterocycles. The van der Waals surface area contributed by atoms with E-state index in [2.05, 4.69) is 50.5 Å². The number of rotatable bonds is 1. The summed E-state index contributed by atoms with van der Waals surface area (Å²) in [4.78, 5) is 17.5. The largest absolute Gasteiger partial charge is 0.335 e. The number of piperidine rings is 1. The quantitative estimate of drug-likeness (QED) is 0.622. The van der Waals surface area contributed by atoms with Crippen LogP contribution in [0.5, 0.6) is 0 Å². The lowest BCUT2D eigenvalue weighted by atomic mass is 9.79. The first-order valence-corrected chi connectivity index (χ1v) is 10.3. The average molecular weight is 418 g/mol. The van der Waals surface area contributed by atoms with Crippen molar-refractivity contribution in [1.29, 1.82) is 0 Å². The van der Waals surface area contributed by atoms with Gasteiger partial charge in [0.25, 0.3) is 0 Å². The van der Waals surface area contributed by atoms with Crippen molar-refractivity contribution >= 4 is 41.6 Å². The number of nitrogens with zero attached hydrogens (tertiary/aromatic N) is 1. The molecule has 1 saturated heterocycles. The summed E-state index contributed by atoms with van der Waals surface area (Å²) < 4.78 is 0. The number of benzene rings is 2. The lowest BCUT2D eigenvalue weighted by Crippen LogP contribution is -2.62. The molecule has 2 aromatic carbocycles. The lowest BCUT2D eigenvalue weighted by Gasteiger charge is -2.47. The van der Waals surface area contributed by atoms with Gasteiger partial charge < -0.3 is 10.6 Å². The van der Waals surface area contributed by atoms with Gasteiger partial charge in [0.2, 0.25) is 0 Å². The number of carbonyl (C=O) groups excluding carboxylic acids is 1. The third kappa shape index (κ3) is 4.17.